The summed E-state index contributed by atoms with van der Waals surface area (Å²) < 4.78 is 5.11. The molecule has 0 saturated carbocycles. The average Bonchev–Trinajstić information content (AvgIpc) is 2.48. The number of hydrogen-bond donors (Lipinski definition) is 2. The van der Waals surface area contributed by atoms with Crippen LogP contribution in [0.4, 0.5) is 0 Å². The summed E-state index contributed by atoms with van der Waals surface area (Å²) in [6.07, 6.45) is -0.509. The summed E-state index contributed by atoms with van der Waals surface area (Å²) in [5, 5.41) is 13.8. The molecule has 0 unspecified atom stereocenters. The summed E-state index contributed by atoms with van der Waals surface area (Å²) in [6.45, 7) is 1.14. The summed E-state index contributed by atoms with van der Waals surface area (Å²) in [6, 6.07) is 15.3. The Hall–Kier alpha value is -1.55. The van der Waals surface area contributed by atoms with Crippen LogP contribution >= 0.6 is 11.6 Å². The van der Waals surface area contributed by atoms with Crippen LogP contribution in [0.3, 0.4) is 0 Å². The van der Waals surface area contributed by atoms with Crippen molar-refractivity contribution in [3.05, 3.63) is 64.7 Å². The lowest BCUT2D eigenvalue weighted by molar-refractivity contribution is 0.174. The normalized spacial score (nSPS) is 12.2. The quantitative estimate of drug-likeness (QED) is 0.859. The number of methoxy groups -OCH3 is 1. The first kappa shape index (κ1) is 14.9. The summed E-state index contributed by atoms with van der Waals surface area (Å²) in [5.74, 6) is 0.666. The number of ether oxygens (including phenoxy) is 1. The third kappa shape index (κ3) is 3.97. The van der Waals surface area contributed by atoms with E-state index in [9.17, 15) is 5.11 Å². The predicted molar refractivity (Wildman–Crippen MR) is 81.1 cm³/mol. The fraction of sp³-hybridized carbons (Fsp3) is 0.250. The van der Waals surface area contributed by atoms with Crippen LogP contribution < -0.4 is 10.1 Å². The predicted octanol–water partition coefficient (Wildman–Crippen LogP) is 3.17. The van der Waals surface area contributed by atoms with E-state index in [1.807, 2.05) is 48.5 Å². The van der Waals surface area contributed by atoms with Gasteiger partial charge in [-0.05, 0) is 23.3 Å². The maximum atomic E-state index is 10.0. The van der Waals surface area contributed by atoms with Gasteiger partial charge in [-0.2, -0.15) is 0 Å². The number of aliphatic hydroxyl groups is 1. The van der Waals surface area contributed by atoms with Crippen molar-refractivity contribution in [2.24, 2.45) is 0 Å². The van der Waals surface area contributed by atoms with Crippen molar-refractivity contribution in [1.29, 1.82) is 0 Å². The number of hydrogen-bond acceptors (Lipinski definition) is 3. The zero-order chi connectivity index (χ0) is 14.4. The monoisotopic (exact) mass is 291 g/mol. The maximum Gasteiger partial charge on any atom is 0.137 e. The molecule has 2 aromatic carbocycles. The number of halogens is 1. The van der Waals surface area contributed by atoms with Gasteiger partial charge in [0.25, 0.3) is 0 Å². The third-order valence-corrected chi connectivity index (χ3v) is 3.36. The molecule has 0 aromatic heterocycles. The van der Waals surface area contributed by atoms with Gasteiger partial charge in [0.2, 0.25) is 0 Å². The Morgan fingerprint density at radius 2 is 1.95 bits per heavy atom. The fourth-order valence-electron chi connectivity index (χ4n) is 1.97. The van der Waals surface area contributed by atoms with Crippen LogP contribution in [0.1, 0.15) is 17.2 Å². The van der Waals surface area contributed by atoms with E-state index in [1.165, 1.54) is 0 Å². The van der Waals surface area contributed by atoms with Crippen LogP contribution in [0.25, 0.3) is 0 Å². The standard InChI is InChI=1S/C16H18ClNO2/c1-20-16-8-7-12(9-14(16)17)10-18-11-15(19)13-5-3-2-4-6-13/h2-9,15,18-19H,10-11H2,1H3/t15-/m1/s1. The molecular weight excluding hydrogens is 274 g/mol. The van der Waals surface area contributed by atoms with E-state index < -0.39 is 6.10 Å². The summed E-state index contributed by atoms with van der Waals surface area (Å²) >= 11 is 6.06. The zero-order valence-corrected chi connectivity index (χ0v) is 12.1. The van der Waals surface area contributed by atoms with Gasteiger partial charge in [-0.15, -0.1) is 0 Å². The lowest BCUT2D eigenvalue weighted by Crippen LogP contribution is -2.21. The molecule has 0 saturated heterocycles. The molecule has 0 spiro atoms. The molecule has 2 N–H and O–H groups in total. The molecule has 106 valence electrons. The molecule has 2 aromatic rings. The van der Waals surface area contributed by atoms with Crippen molar-refractivity contribution < 1.29 is 9.84 Å². The highest BCUT2D eigenvalue weighted by Crippen LogP contribution is 2.24. The van der Waals surface area contributed by atoms with Gasteiger partial charge >= 0.3 is 0 Å². The second-order valence-electron chi connectivity index (χ2n) is 4.53. The van der Waals surface area contributed by atoms with E-state index in [0.717, 1.165) is 11.1 Å². The Morgan fingerprint density at radius 3 is 2.60 bits per heavy atom. The van der Waals surface area contributed by atoms with Crippen LogP contribution in [-0.2, 0) is 6.54 Å². The Bertz CT molecular complexity index is 545. The SMILES string of the molecule is COc1ccc(CNC[C@@H](O)c2ccccc2)cc1Cl. The van der Waals surface area contributed by atoms with Gasteiger partial charge in [0.15, 0.2) is 0 Å². The Morgan fingerprint density at radius 1 is 1.20 bits per heavy atom. The summed E-state index contributed by atoms with van der Waals surface area (Å²) in [7, 11) is 1.59. The molecular formula is C16H18ClNO2. The van der Waals surface area contributed by atoms with Crippen molar-refractivity contribution in [2.75, 3.05) is 13.7 Å². The van der Waals surface area contributed by atoms with Gasteiger partial charge in [0, 0.05) is 13.1 Å². The molecule has 0 fully saturated rings. The van der Waals surface area contributed by atoms with E-state index in [1.54, 1.807) is 7.11 Å². The van der Waals surface area contributed by atoms with Crippen molar-refractivity contribution >= 4 is 11.6 Å². The highest BCUT2D eigenvalue weighted by molar-refractivity contribution is 6.32. The highest BCUT2D eigenvalue weighted by Gasteiger charge is 2.06. The second-order valence-corrected chi connectivity index (χ2v) is 4.93. The number of nitrogens with one attached hydrogen (secondary N) is 1. The Balaban J connectivity index is 1.85. The molecule has 2 rings (SSSR count). The lowest BCUT2D eigenvalue weighted by atomic mass is 10.1. The maximum absolute atomic E-state index is 10.0. The van der Waals surface area contributed by atoms with Crippen molar-refractivity contribution in [1.82, 2.24) is 5.32 Å². The van der Waals surface area contributed by atoms with E-state index in [2.05, 4.69) is 5.32 Å². The van der Waals surface area contributed by atoms with Crippen LogP contribution in [0.5, 0.6) is 5.75 Å². The minimum absolute atomic E-state index is 0.494. The number of aliphatic hydroxyl groups excluding tert-OH is 1. The smallest absolute Gasteiger partial charge is 0.137 e. The van der Waals surface area contributed by atoms with Gasteiger partial charge in [0.1, 0.15) is 5.75 Å². The average molecular weight is 292 g/mol. The fourth-order valence-corrected chi connectivity index (χ4v) is 2.25. The van der Waals surface area contributed by atoms with E-state index >= 15 is 0 Å². The first-order chi connectivity index (χ1) is 9.70. The molecule has 0 radical (unpaired) electrons. The molecule has 20 heavy (non-hydrogen) atoms. The number of rotatable bonds is 6. The van der Waals surface area contributed by atoms with Crippen molar-refractivity contribution in [2.45, 2.75) is 12.6 Å². The van der Waals surface area contributed by atoms with Gasteiger partial charge in [-0.3, -0.25) is 0 Å². The van der Waals surface area contributed by atoms with E-state index in [4.69, 9.17) is 16.3 Å². The molecule has 0 aliphatic rings. The van der Waals surface area contributed by atoms with E-state index in [0.29, 0.717) is 23.9 Å². The van der Waals surface area contributed by atoms with E-state index in [-0.39, 0.29) is 0 Å². The van der Waals surface area contributed by atoms with Crippen LogP contribution in [0.2, 0.25) is 5.02 Å². The molecule has 3 nitrogen and oxygen atoms in total. The molecule has 4 heteroatoms. The minimum atomic E-state index is -0.509. The molecule has 1 atom stereocenters. The molecule has 0 aliphatic carbocycles. The van der Waals surface area contributed by atoms with Gasteiger partial charge in [-0.1, -0.05) is 48.0 Å². The lowest BCUT2D eigenvalue weighted by Gasteiger charge is -2.12. The van der Waals surface area contributed by atoms with Crippen molar-refractivity contribution in [3.63, 3.8) is 0 Å². The van der Waals surface area contributed by atoms with Crippen LogP contribution in [-0.4, -0.2) is 18.8 Å². The van der Waals surface area contributed by atoms with Gasteiger partial charge in [0.05, 0.1) is 18.2 Å². The van der Waals surface area contributed by atoms with Crippen molar-refractivity contribution in [3.8, 4) is 5.75 Å². The minimum Gasteiger partial charge on any atom is -0.495 e. The molecule has 0 bridgehead atoms. The summed E-state index contributed by atoms with van der Waals surface area (Å²) in [5.41, 5.74) is 1.96. The second kappa shape index (κ2) is 7.29. The Labute approximate surface area is 124 Å². The Kier molecular flexibility index (Phi) is 5.41. The molecule has 0 heterocycles. The van der Waals surface area contributed by atoms with Crippen LogP contribution in [0.15, 0.2) is 48.5 Å². The van der Waals surface area contributed by atoms with Crippen LogP contribution in [0, 0.1) is 0 Å². The first-order valence-corrected chi connectivity index (χ1v) is 6.84. The summed E-state index contributed by atoms with van der Waals surface area (Å²) in [4.78, 5) is 0. The molecule has 0 aliphatic heterocycles. The third-order valence-electron chi connectivity index (χ3n) is 3.07. The largest absolute Gasteiger partial charge is 0.495 e. The highest BCUT2D eigenvalue weighted by atomic mass is 35.5. The first-order valence-electron chi connectivity index (χ1n) is 6.47. The topological polar surface area (TPSA) is 41.5 Å². The molecule has 0 amide bonds. The zero-order valence-electron chi connectivity index (χ0n) is 11.3. The van der Waals surface area contributed by atoms with Gasteiger partial charge in [-0.25, -0.2) is 0 Å². The number of benzene rings is 2. The van der Waals surface area contributed by atoms with Gasteiger partial charge < -0.3 is 15.2 Å².